The van der Waals surface area contributed by atoms with Crippen LogP contribution in [0, 0.1) is 11.3 Å². The number of β-amino-alcohol motifs (C(OH)–C–C–N with tert-alkyl or cyclic N) is 1. The van der Waals surface area contributed by atoms with Crippen molar-refractivity contribution in [1.82, 2.24) is 14.9 Å². The van der Waals surface area contributed by atoms with Crippen LogP contribution >= 0.6 is 0 Å². The fraction of sp³-hybridized carbons (Fsp3) is 0.389. The lowest BCUT2D eigenvalue weighted by Crippen LogP contribution is -2.39. The first-order chi connectivity index (χ1) is 11.7. The van der Waals surface area contributed by atoms with Gasteiger partial charge < -0.3 is 9.84 Å². The van der Waals surface area contributed by atoms with Gasteiger partial charge in [0.1, 0.15) is 24.8 Å². The molecule has 0 saturated heterocycles. The van der Waals surface area contributed by atoms with Crippen LogP contribution in [0.15, 0.2) is 36.8 Å². The molecule has 1 aromatic carbocycles. The number of aliphatic hydroxyl groups excluding tert-OH is 1. The van der Waals surface area contributed by atoms with Crippen LogP contribution in [-0.4, -0.2) is 45.8 Å². The van der Waals surface area contributed by atoms with E-state index in [0.29, 0.717) is 18.7 Å². The predicted molar refractivity (Wildman–Crippen MR) is 88.3 cm³/mol. The molecule has 1 aliphatic heterocycles. The summed E-state index contributed by atoms with van der Waals surface area (Å²) in [5.41, 5.74) is 3.19. The van der Waals surface area contributed by atoms with Gasteiger partial charge in [-0.25, -0.2) is 9.97 Å². The minimum atomic E-state index is -0.563. The molecule has 1 N–H and O–H groups in total. The molecule has 2 aromatic rings. The van der Waals surface area contributed by atoms with Gasteiger partial charge >= 0.3 is 0 Å². The Labute approximate surface area is 141 Å². The molecule has 1 aliphatic rings. The lowest BCUT2D eigenvalue weighted by molar-refractivity contribution is 0.0632. The van der Waals surface area contributed by atoms with Crippen molar-refractivity contribution < 1.29 is 9.84 Å². The van der Waals surface area contributed by atoms with Gasteiger partial charge in [0.05, 0.1) is 18.2 Å². The second-order valence-corrected chi connectivity index (χ2v) is 5.92. The Hall–Kier alpha value is -2.49. The van der Waals surface area contributed by atoms with Crippen LogP contribution in [0.25, 0.3) is 0 Å². The topological polar surface area (TPSA) is 82.3 Å². The number of nitrogens with zero attached hydrogens (tertiary/aromatic N) is 4. The minimum Gasteiger partial charge on any atom is -0.491 e. The average molecular weight is 324 g/mol. The van der Waals surface area contributed by atoms with Gasteiger partial charge in [-0.1, -0.05) is 12.1 Å². The minimum absolute atomic E-state index is 0.241. The normalized spacial score (nSPS) is 15.3. The van der Waals surface area contributed by atoms with Crippen molar-refractivity contribution in [3.05, 3.63) is 53.6 Å². The van der Waals surface area contributed by atoms with E-state index in [1.807, 2.05) is 30.5 Å². The molecule has 124 valence electrons. The summed E-state index contributed by atoms with van der Waals surface area (Å²) in [6, 6.07) is 9.50. The van der Waals surface area contributed by atoms with Crippen LogP contribution in [0.2, 0.25) is 0 Å². The fourth-order valence-electron chi connectivity index (χ4n) is 2.80. The van der Waals surface area contributed by atoms with Crippen LogP contribution in [0.4, 0.5) is 0 Å². The number of aromatic nitrogens is 2. The molecule has 2 heterocycles. The summed E-state index contributed by atoms with van der Waals surface area (Å²) in [6.45, 7) is 2.42. The lowest BCUT2D eigenvalue weighted by atomic mass is 10.1. The number of hydrogen-bond acceptors (Lipinski definition) is 6. The number of hydrogen-bond donors (Lipinski definition) is 1. The Morgan fingerprint density at radius 1 is 1.33 bits per heavy atom. The Morgan fingerprint density at radius 3 is 2.96 bits per heavy atom. The molecule has 0 aliphatic carbocycles. The first-order valence-electron chi connectivity index (χ1n) is 8.01. The van der Waals surface area contributed by atoms with E-state index in [4.69, 9.17) is 10.00 Å². The van der Waals surface area contributed by atoms with E-state index in [9.17, 15) is 5.11 Å². The summed E-state index contributed by atoms with van der Waals surface area (Å²) >= 11 is 0. The summed E-state index contributed by atoms with van der Waals surface area (Å²) in [5.74, 6) is 0.701. The highest BCUT2D eigenvalue weighted by Crippen LogP contribution is 2.16. The first-order valence-corrected chi connectivity index (χ1v) is 8.01. The molecule has 6 heteroatoms. The predicted octanol–water partition coefficient (Wildman–Crippen LogP) is 1.34. The third-order valence-electron chi connectivity index (χ3n) is 4.07. The Bertz CT molecular complexity index is 712. The van der Waals surface area contributed by atoms with Crippen molar-refractivity contribution in [1.29, 1.82) is 5.26 Å². The number of ether oxygens (including phenoxy) is 1. The van der Waals surface area contributed by atoms with E-state index in [1.165, 1.54) is 5.56 Å². The zero-order valence-electron chi connectivity index (χ0n) is 13.4. The Balaban J connectivity index is 1.46. The monoisotopic (exact) mass is 324 g/mol. The van der Waals surface area contributed by atoms with Gasteiger partial charge in [0.2, 0.25) is 0 Å². The summed E-state index contributed by atoms with van der Waals surface area (Å²) < 4.78 is 5.63. The molecule has 3 rings (SSSR count). The largest absolute Gasteiger partial charge is 0.491 e. The highest BCUT2D eigenvalue weighted by Gasteiger charge is 2.19. The van der Waals surface area contributed by atoms with Gasteiger partial charge in [0.25, 0.3) is 0 Å². The average Bonchev–Trinajstić information content (AvgIpc) is 2.61. The molecule has 0 bridgehead atoms. The molecule has 1 atom stereocenters. The maximum atomic E-state index is 10.2. The van der Waals surface area contributed by atoms with Gasteiger partial charge in [-0.05, 0) is 29.7 Å². The highest BCUT2D eigenvalue weighted by molar-refractivity contribution is 5.28. The van der Waals surface area contributed by atoms with Gasteiger partial charge in [-0.3, -0.25) is 4.90 Å². The zero-order valence-corrected chi connectivity index (χ0v) is 13.4. The number of aliphatic hydroxyl groups is 1. The molecular formula is C18H20N4O2. The van der Waals surface area contributed by atoms with E-state index in [1.54, 1.807) is 6.33 Å². The van der Waals surface area contributed by atoms with E-state index in [-0.39, 0.29) is 6.61 Å². The number of nitriles is 1. The standard InChI is InChI=1S/C18H20N4O2/c19-7-5-14-1-3-17(4-2-14)24-12-16(23)10-22-8-6-15-9-20-13-21-18(15)11-22/h1-4,9,13,16,23H,5-6,8,10-12H2/t16-/m0/s1. The summed E-state index contributed by atoms with van der Waals surface area (Å²) in [5, 5.41) is 18.9. The van der Waals surface area contributed by atoms with Gasteiger partial charge in [-0.15, -0.1) is 0 Å². The van der Waals surface area contributed by atoms with E-state index in [2.05, 4.69) is 20.9 Å². The molecule has 0 amide bonds. The van der Waals surface area contributed by atoms with Crippen molar-refractivity contribution in [2.45, 2.75) is 25.5 Å². The van der Waals surface area contributed by atoms with Crippen molar-refractivity contribution in [3.63, 3.8) is 0 Å². The number of fused-ring (bicyclic) bond motifs is 1. The highest BCUT2D eigenvalue weighted by atomic mass is 16.5. The molecule has 1 aromatic heterocycles. The summed E-state index contributed by atoms with van der Waals surface area (Å²) in [6.07, 6.45) is 4.17. The Kier molecular flexibility index (Phi) is 5.36. The SMILES string of the molecule is N#CCc1ccc(OC[C@@H](O)CN2CCc3cncnc3C2)cc1. The molecule has 0 unspecified atom stereocenters. The maximum absolute atomic E-state index is 10.2. The molecule has 0 spiro atoms. The molecule has 0 fully saturated rings. The second kappa shape index (κ2) is 7.86. The van der Waals surface area contributed by atoms with Crippen molar-refractivity contribution in [2.24, 2.45) is 0 Å². The van der Waals surface area contributed by atoms with Crippen LogP contribution < -0.4 is 4.74 Å². The van der Waals surface area contributed by atoms with E-state index < -0.39 is 6.10 Å². The van der Waals surface area contributed by atoms with Crippen LogP contribution in [-0.2, 0) is 19.4 Å². The van der Waals surface area contributed by atoms with Crippen molar-refractivity contribution in [2.75, 3.05) is 19.7 Å². The fourth-order valence-corrected chi connectivity index (χ4v) is 2.80. The zero-order chi connectivity index (χ0) is 16.8. The summed E-state index contributed by atoms with van der Waals surface area (Å²) in [7, 11) is 0. The second-order valence-electron chi connectivity index (χ2n) is 5.92. The Morgan fingerprint density at radius 2 is 2.17 bits per heavy atom. The number of benzene rings is 1. The molecular weight excluding hydrogens is 304 g/mol. The lowest BCUT2D eigenvalue weighted by Gasteiger charge is -2.29. The van der Waals surface area contributed by atoms with Gasteiger partial charge in [0, 0.05) is 25.8 Å². The van der Waals surface area contributed by atoms with Crippen LogP contribution in [0.3, 0.4) is 0 Å². The van der Waals surface area contributed by atoms with Crippen LogP contribution in [0.1, 0.15) is 16.8 Å². The molecule has 24 heavy (non-hydrogen) atoms. The smallest absolute Gasteiger partial charge is 0.119 e. The summed E-state index contributed by atoms with van der Waals surface area (Å²) in [4.78, 5) is 10.5. The number of rotatable bonds is 6. The maximum Gasteiger partial charge on any atom is 0.119 e. The van der Waals surface area contributed by atoms with E-state index >= 15 is 0 Å². The van der Waals surface area contributed by atoms with Crippen molar-refractivity contribution in [3.8, 4) is 11.8 Å². The van der Waals surface area contributed by atoms with Gasteiger partial charge in [-0.2, -0.15) is 5.26 Å². The van der Waals surface area contributed by atoms with Crippen molar-refractivity contribution >= 4 is 0 Å². The first kappa shape index (κ1) is 16.4. The van der Waals surface area contributed by atoms with Crippen LogP contribution in [0.5, 0.6) is 5.75 Å². The third kappa shape index (κ3) is 4.28. The molecule has 0 saturated carbocycles. The molecule has 0 radical (unpaired) electrons. The molecule has 6 nitrogen and oxygen atoms in total. The quantitative estimate of drug-likeness (QED) is 0.863. The van der Waals surface area contributed by atoms with E-state index in [0.717, 1.165) is 30.8 Å². The third-order valence-corrected chi connectivity index (χ3v) is 4.07. The van der Waals surface area contributed by atoms with Gasteiger partial charge in [0.15, 0.2) is 0 Å².